The first kappa shape index (κ1) is 25.5. The molecule has 0 bridgehead atoms. The van der Waals surface area contributed by atoms with Crippen molar-refractivity contribution >= 4 is 11.6 Å². The standard InChI is InChI=1S/C28H36ClN3O3/c1-22-5-10-26(29)27(19-22)35-21-28(33)12-3-14-31(17-13-28)20-24-6-8-25(9-7-24)34-18-4-15-32-16-11-23(2)30-32/h5-11,16,19,33H,3-4,12-15,17-18,20-21H2,1-2H3. The van der Waals surface area contributed by atoms with Gasteiger partial charge in [-0.3, -0.25) is 9.58 Å². The smallest absolute Gasteiger partial charge is 0.138 e. The van der Waals surface area contributed by atoms with E-state index in [4.69, 9.17) is 21.1 Å². The molecule has 6 nitrogen and oxygen atoms in total. The summed E-state index contributed by atoms with van der Waals surface area (Å²) in [6.07, 6.45) is 5.24. The van der Waals surface area contributed by atoms with Crippen molar-refractivity contribution in [2.45, 2.75) is 58.2 Å². The van der Waals surface area contributed by atoms with Crippen LogP contribution in [-0.2, 0) is 13.1 Å². The number of aromatic nitrogens is 2. The fraction of sp³-hybridized carbons (Fsp3) is 0.464. The lowest BCUT2D eigenvalue weighted by Crippen LogP contribution is -2.37. The minimum atomic E-state index is -0.839. The van der Waals surface area contributed by atoms with Crippen molar-refractivity contribution in [1.29, 1.82) is 0 Å². The Morgan fingerprint density at radius 1 is 1.03 bits per heavy atom. The van der Waals surface area contributed by atoms with E-state index < -0.39 is 5.60 Å². The van der Waals surface area contributed by atoms with Crippen molar-refractivity contribution in [1.82, 2.24) is 14.7 Å². The van der Waals surface area contributed by atoms with E-state index in [9.17, 15) is 5.11 Å². The van der Waals surface area contributed by atoms with Gasteiger partial charge in [0.1, 0.15) is 18.1 Å². The molecule has 0 saturated carbocycles. The van der Waals surface area contributed by atoms with Crippen molar-refractivity contribution in [3.05, 3.63) is 76.6 Å². The second-order valence-corrected chi connectivity index (χ2v) is 10.0. The van der Waals surface area contributed by atoms with Gasteiger partial charge in [0.25, 0.3) is 0 Å². The largest absolute Gasteiger partial charge is 0.494 e. The van der Waals surface area contributed by atoms with Crippen LogP contribution in [-0.4, -0.2) is 51.7 Å². The molecule has 1 aliphatic rings. The third-order valence-corrected chi connectivity index (χ3v) is 6.81. The van der Waals surface area contributed by atoms with E-state index in [0.717, 1.165) is 62.4 Å². The van der Waals surface area contributed by atoms with E-state index in [1.54, 1.807) is 0 Å². The first-order valence-electron chi connectivity index (χ1n) is 12.4. The van der Waals surface area contributed by atoms with E-state index in [-0.39, 0.29) is 6.61 Å². The normalized spacial score (nSPS) is 18.9. The van der Waals surface area contributed by atoms with E-state index >= 15 is 0 Å². The van der Waals surface area contributed by atoms with Crippen LogP contribution in [0.25, 0.3) is 0 Å². The fourth-order valence-corrected chi connectivity index (χ4v) is 4.60. The molecular weight excluding hydrogens is 462 g/mol. The molecule has 35 heavy (non-hydrogen) atoms. The Morgan fingerprint density at radius 3 is 2.63 bits per heavy atom. The van der Waals surface area contributed by atoms with Gasteiger partial charge in [-0.2, -0.15) is 5.10 Å². The molecule has 0 aliphatic carbocycles. The number of ether oxygens (including phenoxy) is 2. The van der Waals surface area contributed by atoms with Gasteiger partial charge in [0.15, 0.2) is 0 Å². The average Bonchev–Trinajstić information content (AvgIpc) is 3.17. The molecule has 1 fully saturated rings. The van der Waals surface area contributed by atoms with Gasteiger partial charge < -0.3 is 14.6 Å². The average molecular weight is 498 g/mol. The summed E-state index contributed by atoms with van der Waals surface area (Å²) in [5.74, 6) is 1.53. The van der Waals surface area contributed by atoms with Gasteiger partial charge in [-0.15, -0.1) is 0 Å². The summed E-state index contributed by atoms with van der Waals surface area (Å²) < 4.78 is 13.8. The number of halogens is 1. The summed E-state index contributed by atoms with van der Waals surface area (Å²) in [4.78, 5) is 2.40. The molecule has 188 valence electrons. The summed E-state index contributed by atoms with van der Waals surface area (Å²) in [6.45, 7) is 8.43. The highest BCUT2D eigenvalue weighted by atomic mass is 35.5. The Balaban J connectivity index is 1.20. The quantitative estimate of drug-likeness (QED) is 0.379. The van der Waals surface area contributed by atoms with Crippen LogP contribution in [0.15, 0.2) is 54.7 Å². The molecule has 7 heteroatoms. The van der Waals surface area contributed by atoms with Crippen molar-refractivity contribution in [3.8, 4) is 11.5 Å². The number of hydrogen-bond donors (Lipinski definition) is 1. The number of hydrogen-bond acceptors (Lipinski definition) is 5. The summed E-state index contributed by atoms with van der Waals surface area (Å²) >= 11 is 6.25. The zero-order valence-corrected chi connectivity index (χ0v) is 21.5. The molecule has 4 rings (SSSR count). The predicted molar refractivity (Wildman–Crippen MR) is 139 cm³/mol. The number of likely N-dealkylation sites (tertiary alicyclic amines) is 1. The van der Waals surface area contributed by atoms with Gasteiger partial charge in [-0.25, -0.2) is 0 Å². The van der Waals surface area contributed by atoms with Crippen LogP contribution in [0.1, 0.15) is 42.5 Å². The first-order chi connectivity index (χ1) is 16.9. The van der Waals surface area contributed by atoms with Crippen LogP contribution in [0.5, 0.6) is 11.5 Å². The Bertz CT molecular complexity index is 1090. The fourth-order valence-electron chi connectivity index (χ4n) is 4.42. The topological polar surface area (TPSA) is 59.8 Å². The van der Waals surface area contributed by atoms with Gasteiger partial charge in [0.05, 0.1) is 22.9 Å². The highest BCUT2D eigenvalue weighted by molar-refractivity contribution is 6.32. The molecule has 1 atom stereocenters. The maximum atomic E-state index is 11.2. The predicted octanol–water partition coefficient (Wildman–Crippen LogP) is 5.42. The number of aryl methyl sites for hydroxylation is 3. The zero-order valence-electron chi connectivity index (χ0n) is 20.8. The zero-order chi connectivity index (χ0) is 24.7. The van der Waals surface area contributed by atoms with Crippen molar-refractivity contribution in [2.24, 2.45) is 0 Å². The Labute approximate surface area is 213 Å². The second kappa shape index (κ2) is 11.9. The second-order valence-electron chi connectivity index (χ2n) is 9.64. The lowest BCUT2D eigenvalue weighted by Gasteiger charge is -2.27. The number of nitrogens with zero attached hydrogens (tertiary/aromatic N) is 3. The molecule has 0 spiro atoms. The highest BCUT2D eigenvalue weighted by Gasteiger charge is 2.31. The third-order valence-electron chi connectivity index (χ3n) is 6.50. The lowest BCUT2D eigenvalue weighted by molar-refractivity contribution is -0.0168. The molecule has 1 unspecified atom stereocenters. The third kappa shape index (κ3) is 7.72. The molecule has 2 aromatic carbocycles. The van der Waals surface area contributed by atoms with Crippen molar-refractivity contribution in [3.63, 3.8) is 0 Å². The lowest BCUT2D eigenvalue weighted by atomic mass is 9.96. The Hall–Kier alpha value is -2.54. The van der Waals surface area contributed by atoms with E-state index in [1.165, 1.54) is 5.56 Å². The van der Waals surface area contributed by atoms with Crippen LogP contribution >= 0.6 is 11.6 Å². The minimum absolute atomic E-state index is 0.260. The Kier molecular flexibility index (Phi) is 8.71. The number of aliphatic hydroxyl groups is 1. The maximum Gasteiger partial charge on any atom is 0.138 e. The van der Waals surface area contributed by atoms with Crippen LogP contribution in [0.4, 0.5) is 0 Å². The van der Waals surface area contributed by atoms with Crippen LogP contribution in [0.3, 0.4) is 0 Å². The summed E-state index contributed by atoms with van der Waals surface area (Å²) in [7, 11) is 0. The van der Waals surface area contributed by atoms with E-state index in [2.05, 4.69) is 22.1 Å². The highest BCUT2D eigenvalue weighted by Crippen LogP contribution is 2.29. The first-order valence-corrected chi connectivity index (χ1v) is 12.8. The van der Waals surface area contributed by atoms with Gasteiger partial charge in [0.2, 0.25) is 0 Å². The van der Waals surface area contributed by atoms with Crippen molar-refractivity contribution in [2.75, 3.05) is 26.3 Å². The molecule has 1 aromatic heterocycles. The molecule has 1 N–H and O–H groups in total. The molecule has 1 saturated heterocycles. The SMILES string of the molecule is Cc1ccc(Cl)c(OCC2(O)CCCN(Cc3ccc(OCCCn4ccc(C)n4)cc3)CC2)c1. The van der Waals surface area contributed by atoms with Crippen LogP contribution in [0.2, 0.25) is 5.02 Å². The van der Waals surface area contributed by atoms with Gasteiger partial charge in [-0.1, -0.05) is 29.8 Å². The molecule has 0 amide bonds. The number of rotatable bonds is 10. The summed E-state index contributed by atoms with van der Waals surface area (Å²) in [6, 6.07) is 16.1. The van der Waals surface area contributed by atoms with E-state index in [0.29, 0.717) is 23.8 Å². The summed E-state index contributed by atoms with van der Waals surface area (Å²) in [5, 5.41) is 16.1. The van der Waals surface area contributed by atoms with Crippen LogP contribution < -0.4 is 9.47 Å². The molecule has 0 radical (unpaired) electrons. The molecular formula is C28H36ClN3O3. The number of benzene rings is 2. The van der Waals surface area contributed by atoms with Crippen LogP contribution in [0, 0.1) is 13.8 Å². The maximum absolute atomic E-state index is 11.2. The Morgan fingerprint density at radius 2 is 1.86 bits per heavy atom. The summed E-state index contributed by atoms with van der Waals surface area (Å²) in [5.41, 5.74) is 2.53. The van der Waals surface area contributed by atoms with Gasteiger partial charge in [0, 0.05) is 32.3 Å². The van der Waals surface area contributed by atoms with E-state index in [1.807, 2.05) is 61.1 Å². The monoisotopic (exact) mass is 497 g/mol. The van der Waals surface area contributed by atoms with Crippen molar-refractivity contribution < 1.29 is 14.6 Å². The molecule has 2 heterocycles. The molecule has 1 aliphatic heterocycles. The van der Waals surface area contributed by atoms with Gasteiger partial charge in [-0.05, 0) is 81.1 Å². The van der Waals surface area contributed by atoms with Gasteiger partial charge >= 0.3 is 0 Å². The molecule has 3 aromatic rings. The minimum Gasteiger partial charge on any atom is -0.494 e.